The molecular weight excluding hydrogens is 275 g/mol. The summed E-state index contributed by atoms with van der Waals surface area (Å²) in [6.07, 6.45) is 5.21. The minimum Gasteiger partial charge on any atom is -0.377 e. The van der Waals surface area contributed by atoms with Gasteiger partial charge in [0.15, 0.2) is 5.85 Å². The number of allylic oxidation sites excluding steroid dienone is 2. The van der Waals surface area contributed by atoms with Crippen LogP contribution >= 0.6 is 7.60 Å². The molecule has 0 aliphatic carbocycles. The second-order valence-corrected chi connectivity index (χ2v) is 6.81. The maximum absolute atomic E-state index is 11.9. The molecule has 1 aromatic carbocycles. The van der Waals surface area contributed by atoms with Crippen molar-refractivity contribution in [1.29, 1.82) is 0 Å². The minimum atomic E-state index is -3.48. The molecule has 0 saturated heterocycles. The van der Waals surface area contributed by atoms with E-state index in [-0.39, 0.29) is 0 Å². The molecule has 4 nitrogen and oxygen atoms in total. The van der Waals surface area contributed by atoms with Crippen LogP contribution in [0.15, 0.2) is 42.0 Å². The molecule has 0 radical (unpaired) electrons. The van der Waals surface area contributed by atoms with Crippen molar-refractivity contribution in [1.82, 2.24) is 0 Å². The van der Waals surface area contributed by atoms with Crippen molar-refractivity contribution >= 4 is 13.7 Å². The van der Waals surface area contributed by atoms with E-state index in [4.69, 9.17) is 9.05 Å². The average molecular weight is 296 g/mol. The highest BCUT2D eigenvalue weighted by molar-refractivity contribution is 7.54. The maximum Gasteiger partial charge on any atom is 0.362 e. The predicted octanol–water partition coefficient (Wildman–Crippen LogP) is 3.76. The summed E-state index contributed by atoms with van der Waals surface area (Å²) in [6.45, 7) is 3.84. The fourth-order valence-corrected chi connectivity index (χ4v) is 2.58. The molecule has 1 unspecified atom stereocenters. The smallest absolute Gasteiger partial charge is 0.362 e. The van der Waals surface area contributed by atoms with Crippen LogP contribution in [-0.4, -0.2) is 25.2 Å². The van der Waals surface area contributed by atoms with Gasteiger partial charge < -0.3 is 14.2 Å². The van der Waals surface area contributed by atoms with E-state index in [1.54, 1.807) is 0 Å². The number of aryl methyl sites for hydroxylation is 1. The normalized spacial score (nSPS) is 14.8. The molecule has 20 heavy (non-hydrogen) atoms. The van der Waals surface area contributed by atoms with Gasteiger partial charge in [-0.3, -0.25) is 4.57 Å². The summed E-state index contributed by atoms with van der Waals surface area (Å²) < 4.78 is 21.4. The van der Waals surface area contributed by atoms with E-state index < -0.39 is 13.4 Å². The zero-order chi connectivity index (χ0) is 15.2. The van der Waals surface area contributed by atoms with Crippen molar-refractivity contribution in [2.45, 2.75) is 19.7 Å². The van der Waals surface area contributed by atoms with E-state index in [0.29, 0.717) is 0 Å². The molecule has 0 aromatic heterocycles. The summed E-state index contributed by atoms with van der Waals surface area (Å²) >= 11 is 0. The first-order valence-electron chi connectivity index (χ1n) is 6.23. The fourth-order valence-electron chi connectivity index (χ4n) is 1.58. The van der Waals surface area contributed by atoms with Crippen molar-refractivity contribution in [2.75, 3.05) is 14.2 Å². The molecule has 0 amide bonds. The Morgan fingerprint density at radius 2 is 1.80 bits per heavy atom. The molecule has 1 N–H and O–H groups in total. The Morgan fingerprint density at radius 1 is 1.25 bits per heavy atom. The largest absolute Gasteiger partial charge is 0.377 e. The van der Waals surface area contributed by atoms with E-state index >= 15 is 0 Å². The van der Waals surface area contributed by atoms with Gasteiger partial charge in [0.25, 0.3) is 0 Å². The van der Waals surface area contributed by atoms with Crippen LogP contribution in [0.5, 0.6) is 0 Å². The van der Waals surface area contributed by atoms with Crippen molar-refractivity contribution in [3.8, 4) is 0 Å². The lowest BCUT2D eigenvalue weighted by molar-refractivity contribution is 0.200. The van der Waals surface area contributed by atoms with Crippen LogP contribution < -0.4 is 0 Å². The fraction of sp³-hybridized carbons (Fsp3) is 0.333. The first-order chi connectivity index (χ1) is 9.41. The van der Waals surface area contributed by atoms with Gasteiger partial charge in [-0.05, 0) is 25.5 Å². The van der Waals surface area contributed by atoms with Gasteiger partial charge in [-0.25, -0.2) is 0 Å². The topological polar surface area (TPSA) is 55.8 Å². The van der Waals surface area contributed by atoms with E-state index in [2.05, 4.69) is 0 Å². The Hall–Kier alpha value is -1.19. The molecule has 0 aliphatic rings. The summed E-state index contributed by atoms with van der Waals surface area (Å²) in [6, 6.07) is 8.06. The molecule has 0 aliphatic heterocycles. The van der Waals surface area contributed by atoms with Crippen LogP contribution in [0.25, 0.3) is 6.08 Å². The number of aliphatic hydroxyl groups excluding tert-OH is 1. The van der Waals surface area contributed by atoms with Crippen LogP contribution in [0.2, 0.25) is 0 Å². The summed E-state index contributed by atoms with van der Waals surface area (Å²) in [7, 11) is -0.985. The van der Waals surface area contributed by atoms with E-state index in [0.717, 1.165) is 11.1 Å². The van der Waals surface area contributed by atoms with Crippen LogP contribution in [0, 0.1) is 6.92 Å². The summed E-state index contributed by atoms with van der Waals surface area (Å²) in [5, 5.41) is 9.85. The summed E-state index contributed by atoms with van der Waals surface area (Å²) in [5.74, 6) is -1.28. The van der Waals surface area contributed by atoms with Gasteiger partial charge in [0.2, 0.25) is 0 Å². The molecule has 0 saturated carbocycles. The molecule has 1 rings (SSSR count). The third-order valence-electron chi connectivity index (χ3n) is 2.86. The van der Waals surface area contributed by atoms with Gasteiger partial charge >= 0.3 is 7.60 Å². The highest BCUT2D eigenvalue weighted by Crippen LogP contribution is 2.51. The van der Waals surface area contributed by atoms with Gasteiger partial charge in [-0.1, -0.05) is 47.6 Å². The Labute approximate surface area is 120 Å². The number of benzene rings is 1. The van der Waals surface area contributed by atoms with Crippen LogP contribution in [0.4, 0.5) is 0 Å². The summed E-state index contributed by atoms with van der Waals surface area (Å²) in [5.41, 5.74) is 3.03. The highest BCUT2D eigenvalue weighted by Gasteiger charge is 2.30. The molecule has 5 heteroatoms. The molecule has 1 aromatic rings. The second kappa shape index (κ2) is 7.55. The van der Waals surface area contributed by atoms with Crippen LogP contribution in [-0.2, 0) is 13.6 Å². The third-order valence-corrected chi connectivity index (χ3v) is 4.68. The lowest BCUT2D eigenvalue weighted by atomic mass is 10.1. The van der Waals surface area contributed by atoms with Crippen molar-refractivity contribution in [2.24, 2.45) is 0 Å². The van der Waals surface area contributed by atoms with Gasteiger partial charge in [-0.2, -0.15) is 0 Å². The van der Waals surface area contributed by atoms with E-state index in [1.165, 1.54) is 25.9 Å². The molecule has 0 fully saturated rings. The number of hydrogen-bond donors (Lipinski definition) is 1. The van der Waals surface area contributed by atoms with E-state index in [1.807, 2.05) is 50.3 Å². The zero-order valence-electron chi connectivity index (χ0n) is 12.2. The first kappa shape index (κ1) is 16.9. The molecule has 110 valence electrons. The molecule has 0 heterocycles. The SMILES string of the molecule is COP(=O)(OC)C(O)/C=C(C)/C=C/c1ccc(C)cc1. The van der Waals surface area contributed by atoms with Crippen LogP contribution in [0.1, 0.15) is 18.1 Å². The third kappa shape index (κ3) is 4.73. The Morgan fingerprint density at radius 3 is 2.30 bits per heavy atom. The van der Waals surface area contributed by atoms with Gasteiger partial charge in [0.1, 0.15) is 0 Å². The molecular formula is C15H21O4P. The van der Waals surface area contributed by atoms with Crippen molar-refractivity contribution < 1.29 is 18.7 Å². The number of rotatable bonds is 6. The molecule has 0 bridgehead atoms. The van der Waals surface area contributed by atoms with Gasteiger partial charge in [-0.15, -0.1) is 0 Å². The Kier molecular flexibility index (Phi) is 6.37. The van der Waals surface area contributed by atoms with Crippen LogP contribution in [0.3, 0.4) is 0 Å². The monoisotopic (exact) mass is 296 g/mol. The van der Waals surface area contributed by atoms with Crippen molar-refractivity contribution in [3.63, 3.8) is 0 Å². The first-order valence-corrected chi connectivity index (χ1v) is 7.85. The maximum atomic E-state index is 11.9. The number of aliphatic hydroxyl groups is 1. The molecule has 0 spiro atoms. The predicted molar refractivity (Wildman–Crippen MR) is 81.6 cm³/mol. The lowest BCUT2D eigenvalue weighted by Gasteiger charge is -2.17. The average Bonchev–Trinajstić information content (AvgIpc) is 2.45. The summed E-state index contributed by atoms with van der Waals surface area (Å²) in [4.78, 5) is 0. The van der Waals surface area contributed by atoms with Gasteiger partial charge in [0, 0.05) is 14.2 Å². The molecule has 1 atom stereocenters. The zero-order valence-corrected chi connectivity index (χ0v) is 13.1. The Bertz CT molecular complexity index is 523. The standard InChI is InChI=1S/C15H21O4P/c1-12-5-8-14(9-6-12)10-7-13(2)11-15(16)20(17,18-3)19-4/h5-11,15-16H,1-4H3/b10-7+,13-11+. The van der Waals surface area contributed by atoms with Crippen molar-refractivity contribution in [3.05, 3.63) is 53.1 Å². The van der Waals surface area contributed by atoms with E-state index in [9.17, 15) is 9.67 Å². The minimum absolute atomic E-state index is 0.771. The Balaban J connectivity index is 2.79. The highest BCUT2D eigenvalue weighted by atomic mass is 31.2. The second-order valence-electron chi connectivity index (χ2n) is 4.47. The lowest BCUT2D eigenvalue weighted by Crippen LogP contribution is -2.07. The van der Waals surface area contributed by atoms with Gasteiger partial charge in [0.05, 0.1) is 0 Å². The number of hydrogen-bond acceptors (Lipinski definition) is 4. The quantitative estimate of drug-likeness (QED) is 0.641.